The van der Waals surface area contributed by atoms with Crippen LogP contribution in [0.3, 0.4) is 0 Å². The average molecular weight is 695 g/mol. The molecule has 2 aromatic carbocycles. The Hall–Kier alpha value is -4.04. The Labute approximate surface area is 287 Å². The highest BCUT2D eigenvalue weighted by Crippen LogP contribution is 2.39. The fourth-order valence-corrected chi connectivity index (χ4v) is 7.36. The van der Waals surface area contributed by atoms with Crippen LogP contribution in [-0.4, -0.2) is 97.2 Å². The Morgan fingerprint density at radius 3 is 2.35 bits per heavy atom. The highest BCUT2D eigenvalue weighted by atomic mass is 35.5. The van der Waals surface area contributed by atoms with Crippen LogP contribution in [0.1, 0.15) is 39.2 Å². The summed E-state index contributed by atoms with van der Waals surface area (Å²) in [5, 5.41) is 17.5. The van der Waals surface area contributed by atoms with E-state index in [-0.39, 0.29) is 12.0 Å². The molecular formula is C34H44ClN8O4P. The summed E-state index contributed by atoms with van der Waals surface area (Å²) in [7, 11) is -0.985. The molecule has 3 heterocycles. The van der Waals surface area contributed by atoms with Gasteiger partial charge in [0.15, 0.2) is 5.82 Å². The second-order valence-corrected chi connectivity index (χ2v) is 17.0. The van der Waals surface area contributed by atoms with Crippen molar-refractivity contribution in [2.75, 3.05) is 75.2 Å². The number of amides is 1. The first kappa shape index (κ1) is 35.3. The van der Waals surface area contributed by atoms with Gasteiger partial charge in [-0.05, 0) is 65.1 Å². The van der Waals surface area contributed by atoms with Gasteiger partial charge in [0, 0.05) is 56.7 Å². The number of hydrogen-bond acceptors (Lipinski definition) is 11. The van der Waals surface area contributed by atoms with E-state index in [0.717, 1.165) is 44.7 Å². The van der Waals surface area contributed by atoms with Gasteiger partial charge in [0.05, 0.1) is 35.9 Å². The molecule has 0 radical (unpaired) electrons. The maximum absolute atomic E-state index is 12.9. The van der Waals surface area contributed by atoms with Gasteiger partial charge in [-0.25, -0.2) is 9.78 Å². The van der Waals surface area contributed by atoms with E-state index in [0.29, 0.717) is 58.0 Å². The lowest BCUT2D eigenvalue weighted by Gasteiger charge is -2.43. The van der Waals surface area contributed by atoms with E-state index in [4.69, 9.17) is 21.1 Å². The number of rotatable bonds is 8. The Bertz CT molecular complexity index is 1720. The first-order chi connectivity index (χ1) is 22.8. The molecule has 1 aromatic heterocycles. The van der Waals surface area contributed by atoms with Gasteiger partial charge < -0.3 is 34.5 Å². The first-order valence-electron chi connectivity index (χ1n) is 16.1. The largest absolute Gasteiger partial charge is 0.494 e. The molecule has 0 aliphatic carbocycles. The third-order valence-electron chi connectivity index (χ3n) is 8.45. The number of ether oxygens (including phenoxy) is 2. The fourth-order valence-electron chi connectivity index (χ4n) is 6.07. The van der Waals surface area contributed by atoms with Crippen LogP contribution in [0, 0.1) is 11.3 Å². The molecule has 3 aromatic rings. The first-order valence-corrected chi connectivity index (χ1v) is 19.0. The van der Waals surface area contributed by atoms with Gasteiger partial charge in [0.25, 0.3) is 0 Å². The topological polar surface area (TPSA) is 136 Å². The number of halogens is 1. The van der Waals surface area contributed by atoms with Crippen LogP contribution in [0.2, 0.25) is 5.02 Å². The Kier molecular flexibility index (Phi) is 10.7. The lowest BCUT2D eigenvalue weighted by atomic mass is 10.0. The molecule has 1 amide bonds. The molecule has 0 saturated carbocycles. The van der Waals surface area contributed by atoms with E-state index in [1.807, 2.05) is 51.1 Å². The molecule has 2 fully saturated rings. The van der Waals surface area contributed by atoms with E-state index in [9.17, 15) is 14.6 Å². The van der Waals surface area contributed by atoms with Gasteiger partial charge >= 0.3 is 6.09 Å². The number of nitrogens with zero attached hydrogens (tertiary/aromatic N) is 6. The molecule has 2 aliphatic rings. The molecule has 2 N–H and O–H groups in total. The highest BCUT2D eigenvalue weighted by molar-refractivity contribution is 7.70. The van der Waals surface area contributed by atoms with Gasteiger partial charge in [-0.15, -0.1) is 0 Å². The summed E-state index contributed by atoms with van der Waals surface area (Å²) in [6, 6.07) is 13.7. The fraction of sp³-hybridized carbons (Fsp3) is 0.471. The van der Waals surface area contributed by atoms with Crippen molar-refractivity contribution in [3.8, 4) is 11.8 Å². The predicted octanol–water partition coefficient (Wildman–Crippen LogP) is 6.27. The molecule has 2 saturated heterocycles. The van der Waals surface area contributed by atoms with Gasteiger partial charge in [-0.2, -0.15) is 10.2 Å². The summed E-state index contributed by atoms with van der Waals surface area (Å²) in [5.41, 5.74) is 2.00. The molecule has 2 aliphatic heterocycles. The monoisotopic (exact) mass is 694 g/mol. The third kappa shape index (κ3) is 8.51. The van der Waals surface area contributed by atoms with Crippen LogP contribution in [0.25, 0.3) is 0 Å². The van der Waals surface area contributed by atoms with E-state index in [2.05, 4.69) is 36.5 Å². The van der Waals surface area contributed by atoms with E-state index in [1.54, 1.807) is 31.4 Å². The van der Waals surface area contributed by atoms with Crippen LogP contribution < -0.4 is 25.6 Å². The van der Waals surface area contributed by atoms with Crippen LogP contribution >= 0.6 is 18.7 Å². The third-order valence-corrected chi connectivity index (χ3v) is 10.3. The Balaban J connectivity index is 1.25. The number of aromatic nitrogens is 2. The van der Waals surface area contributed by atoms with Crippen LogP contribution in [0.15, 0.2) is 42.6 Å². The molecule has 12 nitrogen and oxygen atoms in total. The number of carbonyl (C=O) groups is 1. The number of nitriles is 1. The lowest BCUT2D eigenvalue weighted by Crippen LogP contribution is -2.55. The Morgan fingerprint density at radius 2 is 1.73 bits per heavy atom. The maximum Gasteiger partial charge on any atom is 0.410 e. The predicted molar refractivity (Wildman–Crippen MR) is 191 cm³/mol. The standard InChI is InChI=1S/C34H44ClN8O4P/c1-34(2,3)47-33(44)43-17-15-41(16-18-43)24-11-13-42(14-12-24)28-20-29(46-4)27(19-23(28)21-36)39-32-37-22-25(35)31(40-32)38-26-9-7-8-10-30(26)48(5,6)45/h7-10,19-20,22,24H,11-18H2,1-6H3,(H2,37,38,39,40). The minimum Gasteiger partial charge on any atom is -0.494 e. The number of piperidine rings is 1. The Morgan fingerprint density at radius 1 is 1.04 bits per heavy atom. The molecule has 48 heavy (non-hydrogen) atoms. The van der Waals surface area contributed by atoms with Crippen molar-refractivity contribution < 1.29 is 18.8 Å². The van der Waals surface area contributed by atoms with Crippen LogP contribution in [-0.2, 0) is 9.30 Å². The maximum atomic E-state index is 12.9. The molecule has 0 atom stereocenters. The average Bonchev–Trinajstić information content (AvgIpc) is 3.05. The van der Waals surface area contributed by atoms with Gasteiger partial charge in [-0.3, -0.25) is 4.90 Å². The van der Waals surface area contributed by atoms with Crippen molar-refractivity contribution >= 4 is 59.0 Å². The summed E-state index contributed by atoms with van der Waals surface area (Å²) in [6.45, 7) is 13.6. The smallest absolute Gasteiger partial charge is 0.410 e. The normalized spacial score (nSPS) is 16.3. The number of methoxy groups -OCH3 is 1. The van der Waals surface area contributed by atoms with Gasteiger partial charge in [-0.1, -0.05) is 23.7 Å². The summed E-state index contributed by atoms with van der Waals surface area (Å²) >= 11 is 6.45. The van der Waals surface area contributed by atoms with E-state index >= 15 is 0 Å². The zero-order chi connectivity index (χ0) is 34.6. The van der Waals surface area contributed by atoms with Crippen LogP contribution in [0.5, 0.6) is 5.75 Å². The highest BCUT2D eigenvalue weighted by Gasteiger charge is 2.31. The van der Waals surface area contributed by atoms with Crippen molar-refractivity contribution in [1.82, 2.24) is 19.8 Å². The SMILES string of the molecule is COc1cc(N2CCC(N3CCN(C(=O)OC(C)(C)C)CC3)CC2)c(C#N)cc1Nc1ncc(Cl)c(Nc2ccccc2P(C)(C)=O)n1. The number of benzene rings is 2. The van der Waals surface area contributed by atoms with Crippen molar-refractivity contribution in [3.05, 3.63) is 53.2 Å². The molecule has 0 spiro atoms. The summed E-state index contributed by atoms with van der Waals surface area (Å²) < 4.78 is 24.2. The second-order valence-electron chi connectivity index (χ2n) is 13.4. The summed E-state index contributed by atoms with van der Waals surface area (Å²) in [5.74, 6) is 1.14. The van der Waals surface area contributed by atoms with Crippen LogP contribution in [0.4, 0.5) is 33.6 Å². The zero-order valence-corrected chi connectivity index (χ0v) is 30.1. The van der Waals surface area contributed by atoms with Crippen molar-refractivity contribution in [2.24, 2.45) is 0 Å². The van der Waals surface area contributed by atoms with Gasteiger partial charge in [0.2, 0.25) is 5.95 Å². The zero-order valence-electron chi connectivity index (χ0n) is 28.4. The van der Waals surface area contributed by atoms with Crippen molar-refractivity contribution in [2.45, 2.75) is 45.3 Å². The molecule has 256 valence electrons. The number of carbonyl (C=O) groups excluding carboxylic acids is 1. The second kappa shape index (κ2) is 14.6. The van der Waals surface area contributed by atoms with Gasteiger partial charge in [0.1, 0.15) is 29.6 Å². The minimum absolute atomic E-state index is 0.248. The van der Waals surface area contributed by atoms with Crippen molar-refractivity contribution in [1.29, 1.82) is 5.26 Å². The molecule has 14 heteroatoms. The number of nitrogens with one attached hydrogen (secondary N) is 2. The minimum atomic E-state index is -2.57. The lowest BCUT2D eigenvalue weighted by molar-refractivity contribution is 0.00901. The molecule has 5 rings (SSSR count). The summed E-state index contributed by atoms with van der Waals surface area (Å²) in [6.07, 6.45) is 3.12. The number of anilines is 5. The molecular weight excluding hydrogens is 651 g/mol. The molecule has 0 unspecified atom stereocenters. The number of hydrogen-bond donors (Lipinski definition) is 2. The number of piperazine rings is 1. The van der Waals surface area contributed by atoms with E-state index < -0.39 is 12.7 Å². The summed E-state index contributed by atoms with van der Waals surface area (Å²) in [4.78, 5) is 27.9. The van der Waals surface area contributed by atoms with E-state index in [1.165, 1.54) is 6.20 Å². The molecule has 0 bridgehead atoms. The van der Waals surface area contributed by atoms with Crippen molar-refractivity contribution in [3.63, 3.8) is 0 Å². The number of para-hydroxylation sites is 1. The quantitative estimate of drug-likeness (QED) is 0.258.